The van der Waals surface area contributed by atoms with Crippen LogP contribution in [0.15, 0.2) is 41.3 Å². The second-order valence-corrected chi connectivity index (χ2v) is 4.92. The summed E-state index contributed by atoms with van der Waals surface area (Å²) < 4.78 is 1.87. The van der Waals surface area contributed by atoms with Gasteiger partial charge in [-0.1, -0.05) is 26.0 Å². The van der Waals surface area contributed by atoms with Crippen molar-refractivity contribution in [2.24, 2.45) is 0 Å². The lowest BCUT2D eigenvalue weighted by atomic mass is 10.0. The van der Waals surface area contributed by atoms with Gasteiger partial charge in [-0.3, -0.25) is 4.79 Å². The molecule has 1 aromatic heterocycles. The number of nitrogens with zero attached hydrogens (tertiary/aromatic N) is 2. The van der Waals surface area contributed by atoms with E-state index in [-0.39, 0.29) is 11.0 Å². The number of nitriles is 1. The number of aromatic nitrogens is 1. The summed E-state index contributed by atoms with van der Waals surface area (Å²) in [5, 5.41) is 8.93. The van der Waals surface area contributed by atoms with Crippen molar-refractivity contribution in [3.8, 4) is 11.8 Å². The predicted octanol–water partition coefficient (Wildman–Crippen LogP) is 3.14. The molecule has 3 heteroatoms. The third-order valence-electron chi connectivity index (χ3n) is 3.20. The fourth-order valence-corrected chi connectivity index (χ4v) is 2.01. The third kappa shape index (κ3) is 2.58. The van der Waals surface area contributed by atoms with Crippen molar-refractivity contribution < 1.29 is 0 Å². The highest BCUT2D eigenvalue weighted by Crippen LogP contribution is 2.17. The smallest absolute Gasteiger partial charge is 0.199 e. The largest absolute Gasteiger partial charge is 0.320 e. The number of aryl methyl sites for hydroxylation is 1. The van der Waals surface area contributed by atoms with Crippen LogP contribution in [-0.4, -0.2) is 4.57 Å². The van der Waals surface area contributed by atoms with Crippen molar-refractivity contribution in [1.82, 2.24) is 4.57 Å². The van der Waals surface area contributed by atoms with Gasteiger partial charge in [-0.25, -0.2) is 0 Å². The summed E-state index contributed by atoms with van der Waals surface area (Å²) in [6.07, 6.45) is 1.60. The van der Waals surface area contributed by atoms with Gasteiger partial charge in [-0.15, -0.1) is 0 Å². The number of rotatable bonds is 2. The minimum absolute atomic E-state index is 0.165. The molecule has 1 aromatic carbocycles. The molecular formula is C16H16N2O. The molecule has 0 amide bonds. The zero-order chi connectivity index (χ0) is 14.0. The standard InChI is InChI=1S/C16H16N2O/c1-11(2)13-4-6-15(7-5-13)18-10-14(9-17)16(19)8-12(18)3/h4-8,10-11H,1-3H3. The van der Waals surface area contributed by atoms with Crippen LogP contribution >= 0.6 is 0 Å². The average molecular weight is 252 g/mol. The molecule has 0 atom stereocenters. The van der Waals surface area contributed by atoms with Gasteiger partial charge in [0, 0.05) is 23.6 Å². The third-order valence-corrected chi connectivity index (χ3v) is 3.20. The van der Waals surface area contributed by atoms with Crippen LogP contribution in [0.3, 0.4) is 0 Å². The fourth-order valence-electron chi connectivity index (χ4n) is 2.01. The van der Waals surface area contributed by atoms with Gasteiger partial charge in [-0.2, -0.15) is 5.26 Å². The van der Waals surface area contributed by atoms with E-state index in [9.17, 15) is 4.79 Å². The molecule has 0 aliphatic heterocycles. The van der Waals surface area contributed by atoms with Gasteiger partial charge in [-0.05, 0) is 30.5 Å². The van der Waals surface area contributed by atoms with Gasteiger partial charge < -0.3 is 4.57 Å². The van der Waals surface area contributed by atoms with Crippen molar-refractivity contribution in [2.75, 3.05) is 0 Å². The molecule has 0 radical (unpaired) electrons. The Balaban J connectivity index is 2.53. The summed E-state index contributed by atoms with van der Waals surface area (Å²) in [5.41, 5.74) is 2.98. The maximum absolute atomic E-state index is 11.6. The zero-order valence-electron chi connectivity index (χ0n) is 11.3. The topological polar surface area (TPSA) is 45.8 Å². The number of hydrogen-bond acceptors (Lipinski definition) is 2. The van der Waals surface area contributed by atoms with Crippen LogP contribution < -0.4 is 5.43 Å². The molecule has 0 saturated heterocycles. The Labute approximate surface area is 112 Å². The molecule has 0 aliphatic rings. The van der Waals surface area contributed by atoms with E-state index in [0.29, 0.717) is 5.92 Å². The maximum atomic E-state index is 11.6. The summed E-state index contributed by atoms with van der Waals surface area (Å²) in [6.45, 7) is 6.15. The van der Waals surface area contributed by atoms with E-state index in [4.69, 9.17) is 5.26 Å². The van der Waals surface area contributed by atoms with Gasteiger partial charge in [0.25, 0.3) is 0 Å². The van der Waals surface area contributed by atoms with Crippen LogP contribution in [0.25, 0.3) is 5.69 Å². The zero-order valence-corrected chi connectivity index (χ0v) is 11.3. The highest BCUT2D eigenvalue weighted by Gasteiger charge is 2.05. The molecule has 19 heavy (non-hydrogen) atoms. The first-order chi connectivity index (χ1) is 9.02. The first-order valence-electron chi connectivity index (χ1n) is 6.26. The van der Waals surface area contributed by atoms with E-state index < -0.39 is 0 Å². The predicted molar refractivity (Wildman–Crippen MR) is 75.6 cm³/mol. The number of hydrogen-bond donors (Lipinski definition) is 0. The van der Waals surface area contributed by atoms with Crippen molar-refractivity contribution in [2.45, 2.75) is 26.7 Å². The quantitative estimate of drug-likeness (QED) is 0.824. The second kappa shape index (κ2) is 5.11. The Hall–Kier alpha value is -2.34. The number of benzene rings is 1. The lowest BCUT2D eigenvalue weighted by Gasteiger charge is -2.12. The molecule has 2 aromatic rings. The van der Waals surface area contributed by atoms with Gasteiger partial charge in [0.2, 0.25) is 0 Å². The van der Waals surface area contributed by atoms with Crippen LogP contribution in [-0.2, 0) is 0 Å². The molecule has 0 spiro atoms. The highest BCUT2D eigenvalue weighted by molar-refractivity contribution is 5.40. The Morgan fingerprint density at radius 1 is 1.21 bits per heavy atom. The summed E-state index contributed by atoms with van der Waals surface area (Å²) in [6, 6.07) is 11.6. The Bertz CT molecular complexity index is 688. The molecule has 0 unspecified atom stereocenters. The van der Waals surface area contributed by atoms with Crippen LogP contribution in [0.1, 0.15) is 36.6 Å². The van der Waals surface area contributed by atoms with Crippen LogP contribution in [0.2, 0.25) is 0 Å². The molecule has 0 fully saturated rings. The minimum Gasteiger partial charge on any atom is -0.320 e. The molecule has 2 rings (SSSR count). The SMILES string of the molecule is Cc1cc(=O)c(C#N)cn1-c1ccc(C(C)C)cc1. The van der Waals surface area contributed by atoms with Gasteiger partial charge >= 0.3 is 0 Å². The molecule has 0 bridgehead atoms. The molecule has 0 saturated carbocycles. The van der Waals surface area contributed by atoms with E-state index in [1.807, 2.05) is 29.7 Å². The molecule has 3 nitrogen and oxygen atoms in total. The molecular weight excluding hydrogens is 236 g/mol. The normalized spacial score (nSPS) is 10.5. The van der Waals surface area contributed by atoms with Crippen molar-refractivity contribution >= 4 is 0 Å². The van der Waals surface area contributed by atoms with Crippen molar-refractivity contribution in [3.63, 3.8) is 0 Å². The van der Waals surface area contributed by atoms with Crippen LogP contribution in [0.5, 0.6) is 0 Å². The van der Waals surface area contributed by atoms with Crippen LogP contribution in [0, 0.1) is 18.3 Å². The van der Waals surface area contributed by atoms with E-state index in [1.54, 1.807) is 6.20 Å². The van der Waals surface area contributed by atoms with E-state index in [2.05, 4.69) is 26.0 Å². The minimum atomic E-state index is -0.227. The first-order valence-corrected chi connectivity index (χ1v) is 6.26. The highest BCUT2D eigenvalue weighted by atomic mass is 16.1. The lowest BCUT2D eigenvalue weighted by molar-refractivity contribution is 0.864. The van der Waals surface area contributed by atoms with Crippen molar-refractivity contribution in [3.05, 3.63) is 63.6 Å². The fraction of sp³-hybridized carbons (Fsp3) is 0.250. The van der Waals surface area contributed by atoms with Crippen molar-refractivity contribution in [1.29, 1.82) is 5.26 Å². The first kappa shape index (κ1) is 13.1. The maximum Gasteiger partial charge on any atom is 0.199 e. The van der Waals surface area contributed by atoms with Crippen LogP contribution in [0.4, 0.5) is 0 Å². The Kier molecular flexibility index (Phi) is 3.52. The summed E-state index contributed by atoms with van der Waals surface area (Å²) in [5.74, 6) is 0.485. The van der Waals surface area contributed by atoms with Gasteiger partial charge in [0.05, 0.1) is 0 Å². The summed E-state index contributed by atoms with van der Waals surface area (Å²) in [4.78, 5) is 11.6. The van der Waals surface area contributed by atoms with E-state index in [1.165, 1.54) is 11.6 Å². The molecule has 96 valence electrons. The number of pyridine rings is 1. The molecule has 1 heterocycles. The van der Waals surface area contributed by atoms with E-state index in [0.717, 1.165) is 11.4 Å². The average Bonchev–Trinajstić information content (AvgIpc) is 2.39. The second-order valence-electron chi connectivity index (χ2n) is 4.92. The lowest BCUT2D eigenvalue weighted by Crippen LogP contribution is -2.12. The van der Waals surface area contributed by atoms with E-state index >= 15 is 0 Å². The molecule has 0 aliphatic carbocycles. The summed E-state index contributed by atoms with van der Waals surface area (Å²) >= 11 is 0. The Morgan fingerprint density at radius 2 is 1.84 bits per heavy atom. The molecule has 0 N–H and O–H groups in total. The Morgan fingerprint density at radius 3 is 2.37 bits per heavy atom. The monoisotopic (exact) mass is 252 g/mol. The van der Waals surface area contributed by atoms with Gasteiger partial charge in [0.15, 0.2) is 5.43 Å². The van der Waals surface area contributed by atoms with Gasteiger partial charge in [0.1, 0.15) is 11.6 Å². The summed E-state index contributed by atoms with van der Waals surface area (Å²) in [7, 11) is 0.